The molecular weight excluding hydrogens is 369 g/mol. The van der Waals surface area contributed by atoms with E-state index in [1.807, 2.05) is 12.1 Å². The van der Waals surface area contributed by atoms with Crippen molar-refractivity contribution in [3.8, 4) is 0 Å². The van der Waals surface area contributed by atoms with Gasteiger partial charge in [-0.2, -0.15) is 0 Å². The summed E-state index contributed by atoms with van der Waals surface area (Å²) in [6.45, 7) is 2.18. The highest BCUT2D eigenvalue weighted by Crippen LogP contribution is 2.13. The summed E-state index contributed by atoms with van der Waals surface area (Å²) in [4.78, 5) is 24.2. The molecule has 144 valence electrons. The van der Waals surface area contributed by atoms with Crippen molar-refractivity contribution in [3.63, 3.8) is 0 Å². The van der Waals surface area contributed by atoms with E-state index in [0.717, 1.165) is 31.5 Å². The van der Waals surface area contributed by atoms with Crippen molar-refractivity contribution in [2.24, 2.45) is 5.92 Å². The molecule has 0 aliphatic carbocycles. The Morgan fingerprint density at radius 3 is 2.41 bits per heavy atom. The molecule has 2 amide bonds. The van der Waals surface area contributed by atoms with Gasteiger partial charge in [0.05, 0.1) is 5.92 Å². The van der Waals surface area contributed by atoms with Crippen molar-refractivity contribution < 1.29 is 14.0 Å². The van der Waals surface area contributed by atoms with Crippen molar-refractivity contribution in [3.05, 3.63) is 65.5 Å². The quantitative estimate of drug-likeness (QED) is 0.733. The van der Waals surface area contributed by atoms with E-state index in [0.29, 0.717) is 17.8 Å². The van der Waals surface area contributed by atoms with E-state index in [1.165, 1.54) is 24.3 Å². The number of anilines is 1. The van der Waals surface area contributed by atoms with E-state index in [-0.39, 0.29) is 36.0 Å². The molecule has 2 aromatic rings. The predicted molar refractivity (Wildman–Crippen MR) is 105 cm³/mol. The molecule has 1 unspecified atom stereocenters. The fourth-order valence-electron chi connectivity index (χ4n) is 2.92. The number of hydrogen-bond donors (Lipinski definition) is 3. The largest absolute Gasteiger partial charge is 0.352 e. The van der Waals surface area contributed by atoms with E-state index in [4.69, 9.17) is 0 Å². The van der Waals surface area contributed by atoms with Gasteiger partial charge in [-0.3, -0.25) is 9.59 Å². The molecule has 0 aromatic heterocycles. The van der Waals surface area contributed by atoms with E-state index >= 15 is 0 Å². The maximum Gasteiger partial charge on any atom is 0.255 e. The predicted octanol–water partition coefficient (Wildman–Crippen LogP) is 3.12. The standard InChI is InChI=1S/C20H22FN3O2.ClH/c21-17-7-5-15(6-8-17)20(26)24-18-9-3-14(4-10-18)12-23-19(25)16-2-1-11-22-13-16;/h3-10,16,22H,1-2,11-13H2,(H,23,25)(H,24,26);1H. The van der Waals surface area contributed by atoms with Gasteiger partial charge < -0.3 is 16.0 Å². The van der Waals surface area contributed by atoms with Crippen molar-refractivity contribution in [2.45, 2.75) is 19.4 Å². The zero-order valence-corrected chi connectivity index (χ0v) is 15.7. The third kappa shape index (κ3) is 6.05. The van der Waals surface area contributed by atoms with Crippen LogP contribution in [0.15, 0.2) is 48.5 Å². The van der Waals surface area contributed by atoms with Crippen LogP contribution in [-0.2, 0) is 11.3 Å². The second-order valence-electron chi connectivity index (χ2n) is 6.42. The van der Waals surface area contributed by atoms with Crippen LogP contribution >= 0.6 is 12.4 Å². The second kappa shape index (κ2) is 10.0. The molecule has 27 heavy (non-hydrogen) atoms. The van der Waals surface area contributed by atoms with Crippen LogP contribution in [0.5, 0.6) is 0 Å². The number of halogens is 2. The zero-order valence-electron chi connectivity index (χ0n) is 14.8. The smallest absolute Gasteiger partial charge is 0.255 e. The molecule has 0 saturated carbocycles. The first-order chi connectivity index (χ1) is 12.6. The molecule has 0 bridgehead atoms. The summed E-state index contributed by atoms with van der Waals surface area (Å²) in [5.41, 5.74) is 2.00. The number of benzene rings is 2. The Morgan fingerprint density at radius 1 is 1.07 bits per heavy atom. The molecule has 5 nitrogen and oxygen atoms in total. The highest BCUT2D eigenvalue weighted by atomic mass is 35.5. The number of carbonyl (C=O) groups excluding carboxylic acids is 2. The van der Waals surface area contributed by atoms with Crippen LogP contribution in [0.1, 0.15) is 28.8 Å². The fraction of sp³-hybridized carbons (Fsp3) is 0.300. The average Bonchev–Trinajstić information content (AvgIpc) is 2.68. The molecule has 1 aliphatic rings. The van der Waals surface area contributed by atoms with Gasteiger partial charge in [0, 0.05) is 24.3 Å². The van der Waals surface area contributed by atoms with Gasteiger partial charge in [-0.25, -0.2) is 4.39 Å². The first-order valence-corrected chi connectivity index (χ1v) is 8.76. The summed E-state index contributed by atoms with van der Waals surface area (Å²) in [7, 11) is 0. The summed E-state index contributed by atoms with van der Waals surface area (Å²) >= 11 is 0. The molecule has 2 aromatic carbocycles. The first-order valence-electron chi connectivity index (χ1n) is 8.76. The van der Waals surface area contributed by atoms with Crippen molar-refractivity contribution in [1.29, 1.82) is 0 Å². The highest BCUT2D eigenvalue weighted by Gasteiger charge is 2.20. The Labute approximate surface area is 164 Å². The molecule has 1 atom stereocenters. The lowest BCUT2D eigenvalue weighted by Crippen LogP contribution is -2.40. The summed E-state index contributed by atoms with van der Waals surface area (Å²) in [6.07, 6.45) is 1.95. The van der Waals surface area contributed by atoms with Gasteiger partial charge in [0.25, 0.3) is 5.91 Å². The molecule has 1 aliphatic heterocycles. The maximum atomic E-state index is 12.9. The van der Waals surface area contributed by atoms with Crippen molar-refractivity contribution in [1.82, 2.24) is 10.6 Å². The topological polar surface area (TPSA) is 70.2 Å². The van der Waals surface area contributed by atoms with Gasteiger partial charge in [-0.15, -0.1) is 12.4 Å². The summed E-state index contributed by atoms with van der Waals surface area (Å²) in [6, 6.07) is 12.7. The summed E-state index contributed by atoms with van der Waals surface area (Å²) in [5.74, 6) is -0.559. The van der Waals surface area contributed by atoms with Gasteiger partial charge in [-0.1, -0.05) is 12.1 Å². The third-order valence-electron chi connectivity index (χ3n) is 4.45. The third-order valence-corrected chi connectivity index (χ3v) is 4.45. The highest BCUT2D eigenvalue weighted by molar-refractivity contribution is 6.04. The van der Waals surface area contributed by atoms with Gasteiger partial charge in [0.1, 0.15) is 5.82 Å². The lowest BCUT2D eigenvalue weighted by Gasteiger charge is -2.21. The second-order valence-corrected chi connectivity index (χ2v) is 6.42. The average molecular weight is 392 g/mol. The first kappa shape index (κ1) is 20.9. The van der Waals surface area contributed by atoms with Gasteiger partial charge in [0.2, 0.25) is 5.91 Å². The molecule has 1 heterocycles. The van der Waals surface area contributed by atoms with E-state index in [2.05, 4.69) is 16.0 Å². The van der Waals surface area contributed by atoms with Crippen molar-refractivity contribution in [2.75, 3.05) is 18.4 Å². The van der Waals surface area contributed by atoms with Crippen molar-refractivity contribution >= 4 is 29.9 Å². The number of amides is 2. The van der Waals surface area contributed by atoms with E-state index in [9.17, 15) is 14.0 Å². The number of rotatable bonds is 5. The number of hydrogen-bond acceptors (Lipinski definition) is 3. The molecule has 7 heteroatoms. The van der Waals surface area contributed by atoms with Crippen LogP contribution in [0.4, 0.5) is 10.1 Å². The number of nitrogens with one attached hydrogen (secondary N) is 3. The van der Waals surface area contributed by atoms with Crippen LogP contribution in [0.25, 0.3) is 0 Å². The number of piperidine rings is 1. The Balaban J connectivity index is 0.00000261. The SMILES string of the molecule is Cl.O=C(Nc1ccc(CNC(=O)C2CCCNC2)cc1)c1ccc(F)cc1. The monoisotopic (exact) mass is 391 g/mol. The van der Waals surface area contributed by atoms with Gasteiger partial charge in [0.15, 0.2) is 0 Å². The molecular formula is C20H23ClFN3O2. The zero-order chi connectivity index (χ0) is 18.4. The Kier molecular flexibility index (Phi) is 7.76. The van der Waals surface area contributed by atoms with Crippen LogP contribution in [0.2, 0.25) is 0 Å². The van der Waals surface area contributed by atoms with Gasteiger partial charge in [-0.05, 0) is 61.3 Å². The minimum absolute atomic E-state index is 0. The normalized spacial score (nSPS) is 16.1. The van der Waals surface area contributed by atoms with Crippen LogP contribution in [0, 0.1) is 11.7 Å². The molecule has 0 radical (unpaired) electrons. The molecule has 3 rings (SSSR count). The Morgan fingerprint density at radius 2 is 1.78 bits per heavy atom. The minimum atomic E-state index is -0.378. The minimum Gasteiger partial charge on any atom is -0.352 e. The molecule has 1 saturated heterocycles. The maximum absolute atomic E-state index is 12.9. The number of carbonyl (C=O) groups is 2. The Bertz CT molecular complexity index is 760. The van der Waals surface area contributed by atoms with E-state index < -0.39 is 0 Å². The molecule has 1 fully saturated rings. The summed E-state index contributed by atoms with van der Waals surface area (Å²) in [5, 5.41) is 8.96. The molecule has 3 N–H and O–H groups in total. The van der Waals surface area contributed by atoms with Gasteiger partial charge >= 0.3 is 0 Å². The lowest BCUT2D eigenvalue weighted by molar-refractivity contribution is -0.125. The Hall–Kier alpha value is -2.44. The molecule has 0 spiro atoms. The van der Waals surface area contributed by atoms with Crippen LogP contribution in [-0.4, -0.2) is 24.9 Å². The van der Waals surface area contributed by atoms with Crippen LogP contribution in [0.3, 0.4) is 0 Å². The lowest BCUT2D eigenvalue weighted by atomic mass is 9.99. The fourth-order valence-corrected chi connectivity index (χ4v) is 2.92. The van der Waals surface area contributed by atoms with E-state index in [1.54, 1.807) is 12.1 Å². The van der Waals surface area contributed by atoms with Crippen LogP contribution < -0.4 is 16.0 Å². The summed E-state index contributed by atoms with van der Waals surface area (Å²) < 4.78 is 12.9.